The quantitative estimate of drug-likeness (QED) is 0.396. The van der Waals surface area contributed by atoms with Crippen molar-refractivity contribution in [1.29, 1.82) is 0 Å². The van der Waals surface area contributed by atoms with Crippen LogP contribution in [0.3, 0.4) is 0 Å². The van der Waals surface area contributed by atoms with Crippen molar-refractivity contribution in [2.45, 2.75) is 0 Å². The lowest BCUT2D eigenvalue weighted by Gasteiger charge is -2.03. The highest BCUT2D eigenvalue weighted by molar-refractivity contribution is 5.38. The number of ether oxygens (including phenoxy) is 2. The summed E-state index contributed by atoms with van der Waals surface area (Å²) in [6.07, 6.45) is 1.33. The molecule has 1 heterocycles. The SMILES string of the molecule is COCOc1cccnc1[N+](=O)[O-]. The lowest BCUT2D eigenvalue weighted by Crippen LogP contribution is -2.02. The minimum absolute atomic E-state index is 0.0352. The first-order valence-electron chi connectivity index (χ1n) is 3.47. The van der Waals surface area contributed by atoms with Gasteiger partial charge in [0.05, 0.1) is 0 Å². The third-order valence-corrected chi connectivity index (χ3v) is 1.26. The van der Waals surface area contributed by atoms with Crippen LogP contribution < -0.4 is 4.74 Å². The van der Waals surface area contributed by atoms with E-state index < -0.39 is 4.92 Å². The van der Waals surface area contributed by atoms with Crippen molar-refractivity contribution >= 4 is 5.82 Å². The predicted molar refractivity (Wildman–Crippen MR) is 43.4 cm³/mol. The lowest BCUT2D eigenvalue weighted by atomic mass is 10.4. The number of methoxy groups -OCH3 is 1. The number of hydrogen-bond donors (Lipinski definition) is 0. The molecule has 6 heteroatoms. The fourth-order valence-electron chi connectivity index (χ4n) is 0.754. The van der Waals surface area contributed by atoms with Gasteiger partial charge in [0.1, 0.15) is 6.20 Å². The molecule has 0 saturated carbocycles. The Labute approximate surface area is 74.3 Å². The van der Waals surface area contributed by atoms with Crippen LogP contribution in [0.4, 0.5) is 5.82 Å². The molecule has 0 unspecified atom stereocenters. The third-order valence-electron chi connectivity index (χ3n) is 1.26. The second-order valence-electron chi connectivity index (χ2n) is 2.13. The predicted octanol–water partition coefficient (Wildman–Crippen LogP) is 0.972. The molecular weight excluding hydrogens is 176 g/mol. The molecular formula is C7H8N2O4. The zero-order chi connectivity index (χ0) is 9.68. The topological polar surface area (TPSA) is 74.5 Å². The fourth-order valence-corrected chi connectivity index (χ4v) is 0.754. The number of rotatable bonds is 4. The van der Waals surface area contributed by atoms with Crippen LogP contribution in [0.1, 0.15) is 0 Å². The molecule has 0 aliphatic rings. The Morgan fingerprint density at radius 3 is 3.08 bits per heavy atom. The van der Waals surface area contributed by atoms with E-state index in [0.29, 0.717) is 0 Å². The summed E-state index contributed by atoms with van der Waals surface area (Å²) < 4.78 is 9.53. The summed E-state index contributed by atoms with van der Waals surface area (Å²) in [7, 11) is 1.43. The molecule has 13 heavy (non-hydrogen) atoms. The Morgan fingerprint density at radius 2 is 2.46 bits per heavy atom. The van der Waals surface area contributed by atoms with Gasteiger partial charge in [-0.05, 0) is 22.0 Å². The van der Waals surface area contributed by atoms with Crippen LogP contribution in [0, 0.1) is 10.1 Å². The maximum absolute atomic E-state index is 10.4. The van der Waals surface area contributed by atoms with E-state index in [4.69, 9.17) is 4.74 Å². The minimum atomic E-state index is -0.606. The molecule has 0 spiro atoms. The molecule has 0 aliphatic carbocycles. The maximum Gasteiger partial charge on any atom is 0.406 e. The highest BCUT2D eigenvalue weighted by Crippen LogP contribution is 2.22. The van der Waals surface area contributed by atoms with Gasteiger partial charge in [0.15, 0.2) is 6.79 Å². The van der Waals surface area contributed by atoms with Crippen LogP contribution in [-0.4, -0.2) is 23.8 Å². The summed E-state index contributed by atoms with van der Waals surface area (Å²) in [5.74, 6) is -0.200. The monoisotopic (exact) mass is 184 g/mol. The standard InChI is InChI=1S/C7H8N2O4/c1-12-5-13-6-3-2-4-8-7(6)9(10)11/h2-4H,5H2,1H3. The third kappa shape index (κ3) is 2.38. The molecule has 0 atom stereocenters. The average molecular weight is 184 g/mol. The molecule has 0 N–H and O–H groups in total. The van der Waals surface area contributed by atoms with Crippen molar-refractivity contribution in [2.24, 2.45) is 0 Å². The molecule has 0 bridgehead atoms. The van der Waals surface area contributed by atoms with Crippen molar-refractivity contribution in [3.8, 4) is 5.75 Å². The summed E-state index contributed by atoms with van der Waals surface area (Å²) in [4.78, 5) is 13.4. The van der Waals surface area contributed by atoms with Crippen LogP contribution in [0.15, 0.2) is 18.3 Å². The Balaban J connectivity index is 2.84. The second-order valence-corrected chi connectivity index (χ2v) is 2.13. The van der Waals surface area contributed by atoms with E-state index in [0.717, 1.165) is 0 Å². The molecule has 0 saturated heterocycles. The second kappa shape index (κ2) is 4.36. The fraction of sp³-hybridized carbons (Fsp3) is 0.286. The molecule has 6 nitrogen and oxygen atoms in total. The van der Waals surface area contributed by atoms with E-state index >= 15 is 0 Å². The van der Waals surface area contributed by atoms with Gasteiger partial charge < -0.3 is 19.6 Å². The molecule has 70 valence electrons. The minimum Gasteiger partial charge on any atom is -0.459 e. The van der Waals surface area contributed by atoms with Crippen molar-refractivity contribution in [3.05, 3.63) is 28.4 Å². The average Bonchev–Trinajstić information content (AvgIpc) is 2.15. The van der Waals surface area contributed by atoms with Crippen molar-refractivity contribution in [3.63, 3.8) is 0 Å². The Kier molecular flexibility index (Phi) is 3.15. The molecule has 0 radical (unpaired) electrons. The van der Waals surface area contributed by atoms with Gasteiger partial charge in [-0.15, -0.1) is 0 Å². The van der Waals surface area contributed by atoms with Crippen LogP contribution >= 0.6 is 0 Å². The Bertz CT molecular complexity index is 302. The van der Waals surface area contributed by atoms with Gasteiger partial charge in [-0.3, -0.25) is 0 Å². The molecule has 0 fully saturated rings. The van der Waals surface area contributed by atoms with Crippen LogP contribution in [0.5, 0.6) is 5.75 Å². The van der Waals surface area contributed by atoms with Gasteiger partial charge in [0.2, 0.25) is 5.75 Å². The summed E-state index contributed by atoms with van der Waals surface area (Å²) in [5.41, 5.74) is 0. The van der Waals surface area contributed by atoms with Gasteiger partial charge in [0, 0.05) is 7.11 Å². The first kappa shape index (κ1) is 9.40. The van der Waals surface area contributed by atoms with E-state index in [9.17, 15) is 10.1 Å². The molecule has 0 amide bonds. The summed E-state index contributed by atoms with van der Waals surface area (Å²) in [6, 6.07) is 3.02. The van der Waals surface area contributed by atoms with Gasteiger partial charge >= 0.3 is 5.82 Å². The normalized spacial score (nSPS) is 9.62. The van der Waals surface area contributed by atoms with Crippen LogP contribution in [0.25, 0.3) is 0 Å². The largest absolute Gasteiger partial charge is 0.459 e. The van der Waals surface area contributed by atoms with Gasteiger partial charge in [-0.2, -0.15) is 0 Å². The summed E-state index contributed by atoms with van der Waals surface area (Å²) in [5, 5.41) is 10.4. The van der Waals surface area contributed by atoms with Crippen molar-refractivity contribution in [2.75, 3.05) is 13.9 Å². The highest BCUT2D eigenvalue weighted by Gasteiger charge is 2.14. The summed E-state index contributed by atoms with van der Waals surface area (Å²) in [6.45, 7) is -0.0352. The number of nitro groups is 1. The van der Waals surface area contributed by atoms with E-state index in [1.54, 1.807) is 6.07 Å². The Hall–Kier alpha value is -1.69. The smallest absolute Gasteiger partial charge is 0.406 e. The number of hydrogen-bond acceptors (Lipinski definition) is 5. The Morgan fingerprint density at radius 1 is 1.69 bits per heavy atom. The molecule has 0 aliphatic heterocycles. The number of pyridine rings is 1. The van der Waals surface area contributed by atoms with E-state index in [1.165, 1.54) is 19.4 Å². The van der Waals surface area contributed by atoms with E-state index in [1.807, 2.05) is 0 Å². The molecule has 1 aromatic heterocycles. The zero-order valence-corrected chi connectivity index (χ0v) is 6.97. The maximum atomic E-state index is 10.4. The molecule has 1 rings (SSSR count). The van der Waals surface area contributed by atoms with Crippen molar-refractivity contribution < 1.29 is 14.4 Å². The summed E-state index contributed by atoms with van der Waals surface area (Å²) >= 11 is 0. The van der Waals surface area contributed by atoms with E-state index in [2.05, 4.69) is 9.72 Å². The first-order chi connectivity index (χ1) is 6.25. The van der Waals surface area contributed by atoms with Crippen LogP contribution in [-0.2, 0) is 4.74 Å². The van der Waals surface area contributed by atoms with E-state index in [-0.39, 0.29) is 18.4 Å². The number of nitrogens with zero attached hydrogens (tertiary/aromatic N) is 2. The highest BCUT2D eigenvalue weighted by atomic mass is 16.7. The zero-order valence-electron chi connectivity index (χ0n) is 6.97. The lowest BCUT2D eigenvalue weighted by molar-refractivity contribution is -0.390. The first-order valence-corrected chi connectivity index (χ1v) is 3.47. The van der Waals surface area contributed by atoms with Crippen molar-refractivity contribution in [1.82, 2.24) is 4.98 Å². The molecule has 0 aromatic carbocycles. The van der Waals surface area contributed by atoms with Gasteiger partial charge in [-0.1, -0.05) is 0 Å². The van der Waals surface area contributed by atoms with Crippen LogP contribution in [0.2, 0.25) is 0 Å². The number of aromatic nitrogens is 1. The molecule has 1 aromatic rings. The van der Waals surface area contributed by atoms with Gasteiger partial charge in [0.25, 0.3) is 0 Å². The van der Waals surface area contributed by atoms with Gasteiger partial charge in [-0.25, -0.2) is 0 Å².